The summed E-state index contributed by atoms with van der Waals surface area (Å²) in [5, 5.41) is 0. The van der Waals surface area contributed by atoms with Gasteiger partial charge >= 0.3 is 0 Å². The van der Waals surface area contributed by atoms with Gasteiger partial charge in [0, 0.05) is 13.6 Å². The molecule has 74 valence electrons. The van der Waals surface area contributed by atoms with Gasteiger partial charge in [0.25, 0.3) is 0 Å². The first-order valence-corrected chi connectivity index (χ1v) is 4.86. The third kappa shape index (κ3) is 3.13. The van der Waals surface area contributed by atoms with E-state index in [1.165, 1.54) is 0 Å². The third-order valence-electron chi connectivity index (χ3n) is 1.91. The van der Waals surface area contributed by atoms with Crippen molar-refractivity contribution in [3.05, 3.63) is 36.5 Å². The Kier molecular flexibility index (Phi) is 4.62. The summed E-state index contributed by atoms with van der Waals surface area (Å²) in [4.78, 5) is 8.67. The van der Waals surface area contributed by atoms with Gasteiger partial charge in [-0.15, -0.1) is 0 Å². The van der Waals surface area contributed by atoms with E-state index in [2.05, 4.69) is 22.1 Å². The Hall–Kier alpha value is -1.44. The minimum absolute atomic E-state index is 0.840. The van der Waals surface area contributed by atoms with E-state index < -0.39 is 0 Å². The fourth-order valence-electron chi connectivity index (χ4n) is 1.23. The summed E-state index contributed by atoms with van der Waals surface area (Å²) >= 11 is 0. The second-order valence-corrected chi connectivity index (χ2v) is 2.95. The van der Waals surface area contributed by atoms with Crippen molar-refractivity contribution in [2.75, 3.05) is 13.6 Å². The van der Waals surface area contributed by atoms with E-state index in [1.54, 1.807) is 7.05 Å². The minimum Gasteiger partial charge on any atom is -0.286 e. The second-order valence-electron chi connectivity index (χ2n) is 2.95. The van der Waals surface area contributed by atoms with Crippen LogP contribution >= 0.6 is 0 Å². The lowest BCUT2D eigenvalue weighted by molar-refractivity contribution is 1.01. The second kappa shape index (κ2) is 6.08. The largest absolute Gasteiger partial charge is 0.286 e. The molecule has 0 saturated carbocycles. The summed E-state index contributed by atoms with van der Waals surface area (Å²) < 4.78 is 0. The van der Waals surface area contributed by atoms with Crippen molar-refractivity contribution in [2.45, 2.75) is 13.3 Å². The molecule has 0 bridgehead atoms. The van der Waals surface area contributed by atoms with E-state index in [-0.39, 0.29) is 0 Å². The number of hydrogen-bond donors (Lipinski definition) is 0. The molecule has 0 aromatic rings. The highest BCUT2D eigenvalue weighted by Crippen LogP contribution is 1.97. The quantitative estimate of drug-likeness (QED) is 0.595. The Morgan fingerprint density at radius 1 is 1.50 bits per heavy atom. The molecular formula is C12H16N2. The Morgan fingerprint density at radius 3 is 3.07 bits per heavy atom. The van der Waals surface area contributed by atoms with Crippen LogP contribution in [-0.4, -0.2) is 25.0 Å². The Balaban J connectivity index is 2.88. The molecule has 0 aromatic carbocycles. The molecule has 0 amide bonds. The molecule has 0 aromatic heterocycles. The summed E-state index contributed by atoms with van der Waals surface area (Å²) in [5.41, 5.74) is 1.91. The molecular weight excluding hydrogens is 172 g/mol. The average Bonchev–Trinajstić information content (AvgIpc) is 2.15. The van der Waals surface area contributed by atoms with E-state index in [0.717, 1.165) is 24.4 Å². The van der Waals surface area contributed by atoms with Crippen molar-refractivity contribution < 1.29 is 0 Å². The van der Waals surface area contributed by atoms with E-state index >= 15 is 0 Å². The minimum atomic E-state index is 0.840. The van der Waals surface area contributed by atoms with Crippen molar-refractivity contribution in [3.8, 4) is 0 Å². The Morgan fingerprint density at radius 2 is 2.36 bits per heavy atom. The molecule has 2 nitrogen and oxygen atoms in total. The molecule has 2 heteroatoms. The van der Waals surface area contributed by atoms with Crippen molar-refractivity contribution in [1.82, 2.24) is 0 Å². The standard InChI is InChI=1S/C12H16N2/c1-3-8-11(13-2)12-9-6-4-5-7-10-14-12/h3-6,8-9H,7,10H2,1-2H3/b5-4-,8-3-,9-6-,13-11+,14-12-. The van der Waals surface area contributed by atoms with Crippen LogP contribution in [-0.2, 0) is 0 Å². The molecule has 1 aliphatic heterocycles. The lowest BCUT2D eigenvalue weighted by Crippen LogP contribution is -2.10. The number of rotatable bonds is 2. The Bertz CT molecular complexity index is 317. The maximum atomic E-state index is 4.47. The van der Waals surface area contributed by atoms with Gasteiger partial charge in [-0.2, -0.15) is 0 Å². The molecule has 1 aliphatic rings. The molecule has 1 heterocycles. The fourth-order valence-corrected chi connectivity index (χ4v) is 1.23. The van der Waals surface area contributed by atoms with Crippen LogP contribution in [0.2, 0.25) is 0 Å². The highest BCUT2D eigenvalue weighted by molar-refractivity contribution is 6.50. The molecule has 0 N–H and O–H groups in total. The molecule has 0 fully saturated rings. The SMILES string of the molecule is C\C=C/C(=N\C)C1=N\CC\C=C/C=C\1. The van der Waals surface area contributed by atoms with Crippen LogP contribution in [0.3, 0.4) is 0 Å². The average molecular weight is 188 g/mol. The number of nitrogens with zero attached hydrogens (tertiary/aromatic N) is 2. The molecule has 0 atom stereocenters. The zero-order valence-corrected chi connectivity index (χ0v) is 8.77. The fraction of sp³-hybridized carbons (Fsp3) is 0.333. The Labute approximate surface area is 85.5 Å². The molecule has 0 spiro atoms. The lowest BCUT2D eigenvalue weighted by Gasteiger charge is -2.02. The van der Waals surface area contributed by atoms with E-state index in [0.29, 0.717) is 0 Å². The van der Waals surface area contributed by atoms with Gasteiger partial charge in [0.15, 0.2) is 0 Å². The van der Waals surface area contributed by atoms with Crippen LogP contribution in [0.25, 0.3) is 0 Å². The monoisotopic (exact) mass is 188 g/mol. The van der Waals surface area contributed by atoms with Crippen LogP contribution in [0.15, 0.2) is 46.4 Å². The van der Waals surface area contributed by atoms with Gasteiger partial charge in [-0.3, -0.25) is 9.98 Å². The molecule has 1 rings (SSSR count). The molecule has 0 radical (unpaired) electrons. The van der Waals surface area contributed by atoms with Crippen LogP contribution in [0.1, 0.15) is 13.3 Å². The zero-order chi connectivity index (χ0) is 10.2. The van der Waals surface area contributed by atoms with Crippen LogP contribution < -0.4 is 0 Å². The summed E-state index contributed by atoms with van der Waals surface area (Å²) in [6.07, 6.45) is 13.1. The van der Waals surface area contributed by atoms with Crippen LogP contribution in [0.4, 0.5) is 0 Å². The van der Waals surface area contributed by atoms with Gasteiger partial charge in [-0.1, -0.05) is 24.3 Å². The highest BCUT2D eigenvalue weighted by atomic mass is 14.8. The van der Waals surface area contributed by atoms with E-state index in [1.807, 2.05) is 31.2 Å². The molecule has 0 unspecified atom stereocenters. The molecule has 0 aliphatic carbocycles. The molecule has 14 heavy (non-hydrogen) atoms. The number of aliphatic imine (C=N–C) groups is 2. The predicted octanol–water partition coefficient (Wildman–Crippen LogP) is 2.59. The normalized spacial score (nSPS) is 26.4. The maximum Gasteiger partial charge on any atom is 0.0826 e. The van der Waals surface area contributed by atoms with Gasteiger partial charge in [0.2, 0.25) is 0 Å². The topological polar surface area (TPSA) is 24.7 Å². The van der Waals surface area contributed by atoms with Crippen molar-refractivity contribution in [1.29, 1.82) is 0 Å². The zero-order valence-electron chi connectivity index (χ0n) is 8.77. The smallest absolute Gasteiger partial charge is 0.0826 e. The first-order valence-electron chi connectivity index (χ1n) is 4.86. The van der Waals surface area contributed by atoms with Crippen molar-refractivity contribution in [2.24, 2.45) is 9.98 Å². The third-order valence-corrected chi connectivity index (χ3v) is 1.91. The lowest BCUT2D eigenvalue weighted by atomic mass is 10.1. The summed E-state index contributed by atoms with van der Waals surface area (Å²) in [6, 6.07) is 0. The predicted molar refractivity (Wildman–Crippen MR) is 63.4 cm³/mol. The first-order chi connectivity index (χ1) is 6.88. The van der Waals surface area contributed by atoms with Crippen LogP contribution in [0, 0.1) is 0 Å². The first kappa shape index (κ1) is 10.6. The number of allylic oxidation sites excluding steroid dienone is 5. The van der Waals surface area contributed by atoms with Gasteiger partial charge < -0.3 is 0 Å². The van der Waals surface area contributed by atoms with Gasteiger partial charge in [0.05, 0.1) is 11.4 Å². The van der Waals surface area contributed by atoms with E-state index in [9.17, 15) is 0 Å². The maximum absolute atomic E-state index is 4.47. The van der Waals surface area contributed by atoms with E-state index in [4.69, 9.17) is 0 Å². The summed E-state index contributed by atoms with van der Waals surface area (Å²) in [7, 11) is 1.79. The van der Waals surface area contributed by atoms with Crippen molar-refractivity contribution in [3.63, 3.8) is 0 Å². The summed E-state index contributed by atoms with van der Waals surface area (Å²) in [5.74, 6) is 0. The molecule has 0 saturated heterocycles. The summed E-state index contributed by atoms with van der Waals surface area (Å²) in [6.45, 7) is 2.82. The van der Waals surface area contributed by atoms with Gasteiger partial charge in [-0.25, -0.2) is 0 Å². The highest BCUT2D eigenvalue weighted by Gasteiger charge is 2.00. The van der Waals surface area contributed by atoms with Crippen LogP contribution in [0.5, 0.6) is 0 Å². The van der Waals surface area contributed by atoms with Gasteiger partial charge in [0.1, 0.15) is 0 Å². The number of hydrogen-bond acceptors (Lipinski definition) is 2. The van der Waals surface area contributed by atoms with Crippen molar-refractivity contribution >= 4 is 11.4 Å². The van der Waals surface area contributed by atoms with Gasteiger partial charge in [-0.05, 0) is 25.5 Å².